The fraction of sp³-hybridized carbons (Fsp3) is 0.727. The molecule has 0 spiro atoms. The lowest BCUT2D eigenvalue weighted by Gasteiger charge is -2.26. The smallest absolute Gasteiger partial charge is 0.326 e. The molecular weight excluding hydrogens is 488 g/mol. The summed E-state index contributed by atoms with van der Waals surface area (Å²) in [5, 5.41) is 35.2. The van der Waals surface area contributed by atoms with E-state index in [1.54, 1.807) is 13.8 Å². The SMILES string of the molecule is CC(C)C[C@H](NC(=O)[C@H](CCCNC(=N)N)NC(=O)[C@@H](N)CCCCN)C(=O)N[C@@H](CC(=O)O)C(=O)O. The van der Waals surface area contributed by atoms with Crippen molar-refractivity contribution in [1.29, 1.82) is 5.41 Å². The number of aliphatic carboxylic acids is 2. The van der Waals surface area contributed by atoms with Crippen molar-refractivity contribution in [2.24, 2.45) is 23.1 Å². The zero-order valence-electron chi connectivity index (χ0n) is 21.4. The van der Waals surface area contributed by atoms with Crippen molar-refractivity contribution < 1.29 is 34.2 Å². The highest BCUT2D eigenvalue weighted by Gasteiger charge is 2.31. The molecule has 0 rings (SSSR count). The van der Waals surface area contributed by atoms with Crippen LogP contribution in [0, 0.1) is 11.3 Å². The van der Waals surface area contributed by atoms with E-state index in [0.29, 0.717) is 32.2 Å². The summed E-state index contributed by atoms with van der Waals surface area (Å²) in [6.07, 6.45) is 1.42. The molecule has 0 aromatic heterocycles. The minimum atomic E-state index is -1.68. The second kappa shape index (κ2) is 17.9. The van der Waals surface area contributed by atoms with E-state index < -0.39 is 60.2 Å². The molecule has 0 aliphatic carbocycles. The van der Waals surface area contributed by atoms with Gasteiger partial charge in [-0.1, -0.05) is 20.3 Å². The molecular formula is C22H42N8O7. The number of carboxylic acids is 2. The normalized spacial score (nSPS) is 14.1. The van der Waals surface area contributed by atoms with Gasteiger partial charge in [-0.3, -0.25) is 24.6 Å². The largest absolute Gasteiger partial charge is 0.481 e. The highest BCUT2D eigenvalue weighted by molar-refractivity contribution is 5.94. The van der Waals surface area contributed by atoms with Gasteiger partial charge in [0.25, 0.3) is 0 Å². The van der Waals surface area contributed by atoms with E-state index in [1.807, 2.05) is 0 Å². The molecule has 15 nitrogen and oxygen atoms in total. The number of carbonyl (C=O) groups is 5. The third-order valence-corrected chi connectivity index (χ3v) is 5.26. The number of nitrogens with one attached hydrogen (secondary N) is 5. The number of hydrogen-bond donors (Lipinski definition) is 10. The number of carboxylic acid groups (broad SMARTS) is 2. The molecule has 0 radical (unpaired) electrons. The van der Waals surface area contributed by atoms with Gasteiger partial charge in [-0.25, -0.2) is 4.79 Å². The average molecular weight is 531 g/mol. The van der Waals surface area contributed by atoms with Gasteiger partial charge >= 0.3 is 11.9 Å². The molecule has 212 valence electrons. The monoisotopic (exact) mass is 530 g/mol. The van der Waals surface area contributed by atoms with Crippen LogP contribution in [0.25, 0.3) is 0 Å². The molecule has 0 aromatic carbocycles. The van der Waals surface area contributed by atoms with Crippen molar-refractivity contribution in [3.63, 3.8) is 0 Å². The van der Waals surface area contributed by atoms with Crippen LogP contribution in [-0.4, -0.2) is 83.1 Å². The molecule has 0 bridgehead atoms. The van der Waals surface area contributed by atoms with Gasteiger partial charge in [-0.05, 0) is 44.6 Å². The van der Waals surface area contributed by atoms with Crippen LogP contribution in [0.3, 0.4) is 0 Å². The van der Waals surface area contributed by atoms with E-state index in [1.165, 1.54) is 0 Å². The van der Waals surface area contributed by atoms with Crippen LogP contribution < -0.4 is 38.5 Å². The summed E-state index contributed by atoms with van der Waals surface area (Å²) in [5.41, 5.74) is 16.6. The van der Waals surface area contributed by atoms with Crippen molar-refractivity contribution >= 4 is 35.6 Å². The zero-order valence-corrected chi connectivity index (χ0v) is 21.4. The Morgan fingerprint density at radius 2 is 1.41 bits per heavy atom. The summed E-state index contributed by atoms with van der Waals surface area (Å²) < 4.78 is 0. The highest BCUT2D eigenvalue weighted by atomic mass is 16.4. The first-order valence-corrected chi connectivity index (χ1v) is 12.2. The molecule has 37 heavy (non-hydrogen) atoms. The first kappa shape index (κ1) is 33.5. The lowest BCUT2D eigenvalue weighted by Crippen LogP contribution is -2.57. The summed E-state index contributed by atoms with van der Waals surface area (Å²) in [6.45, 7) is 4.27. The number of nitrogens with two attached hydrogens (primary N) is 3. The summed E-state index contributed by atoms with van der Waals surface area (Å²) in [6, 6.07) is -4.83. The van der Waals surface area contributed by atoms with Crippen molar-refractivity contribution in [2.45, 2.75) is 83.0 Å². The number of rotatable bonds is 19. The van der Waals surface area contributed by atoms with E-state index in [0.717, 1.165) is 0 Å². The lowest BCUT2D eigenvalue weighted by molar-refractivity contribution is -0.147. The third kappa shape index (κ3) is 15.3. The molecule has 13 N–H and O–H groups in total. The first-order valence-electron chi connectivity index (χ1n) is 12.2. The minimum absolute atomic E-state index is 0.0948. The Labute approximate surface area is 216 Å². The van der Waals surface area contributed by atoms with E-state index >= 15 is 0 Å². The Kier molecular flexibility index (Phi) is 16.2. The molecule has 0 aliphatic heterocycles. The maximum absolute atomic E-state index is 13.1. The second-order valence-corrected chi connectivity index (χ2v) is 9.12. The molecule has 0 saturated carbocycles. The van der Waals surface area contributed by atoms with Gasteiger partial charge in [0.15, 0.2) is 5.96 Å². The quantitative estimate of drug-likeness (QED) is 0.0484. The van der Waals surface area contributed by atoms with Crippen molar-refractivity contribution in [2.75, 3.05) is 13.1 Å². The summed E-state index contributed by atoms with van der Waals surface area (Å²) in [7, 11) is 0. The number of hydrogen-bond acceptors (Lipinski definition) is 8. The minimum Gasteiger partial charge on any atom is -0.481 e. The van der Waals surface area contributed by atoms with Crippen molar-refractivity contribution in [3.05, 3.63) is 0 Å². The van der Waals surface area contributed by atoms with Crippen molar-refractivity contribution in [1.82, 2.24) is 21.3 Å². The van der Waals surface area contributed by atoms with Crippen LogP contribution in [0.1, 0.15) is 58.8 Å². The van der Waals surface area contributed by atoms with Gasteiger partial charge in [0.1, 0.15) is 18.1 Å². The summed E-state index contributed by atoms with van der Waals surface area (Å²) in [4.78, 5) is 60.8. The molecule has 15 heteroatoms. The molecule has 0 aromatic rings. The fourth-order valence-corrected chi connectivity index (χ4v) is 3.34. The molecule has 0 fully saturated rings. The number of guanidine groups is 1. The molecule has 0 heterocycles. The Bertz CT molecular complexity index is 793. The number of unbranched alkanes of at least 4 members (excludes halogenated alkanes) is 1. The zero-order chi connectivity index (χ0) is 28.5. The summed E-state index contributed by atoms with van der Waals surface area (Å²) >= 11 is 0. The fourth-order valence-electron chi connectivity index (χ4n) is 3.34. The average Bonchev–Trinajstić information content (AvgIpc) is 2.79. The van der Waals surface area contributed by atoms with Gasteiger partial charge in [0.05, 0.1) is 12.5 Å². The van der Waals surface area contributed by atoms with E-state index in [-0.39, 0.29) is 31.3 Å². The van der Waals surface area contributed by atoms with Crippen molar-refractivity contribution in [3.8, 4) is 0 Å². The molecule has 0 saturated heterocycles. The van der Waals surface area contributed by atoms with Gasteiger partial charge in [0, 0.05) is 6.54 Å². The lowest BCUT2D eigenvalue weighted by atomic mass is 10.0. The Morgan fingerprint density at radius 1 is 0.838 bits per heavy atom. The van der Waals surface area contributed by atoms with Crippen LogP contribution in [0.2, 0.25) is 0 Å². The van der Waals surface area contributed by atoms with E-state index in [4.69, 9.17) is 27.7 Å². The maximum Gasteiger partial charge on any atom is 0.326 e. The standard InChI is InChI=1S/C22H42N8O7/c1-12(2)10-15(20(35)30-16(21(36)37)11-17(31)32)29-19(34)14(7-5-9-27-22(25)26)28-18(33)13(24)6-3-4-8-23/h12-16H,3-11,23-24H2,1-2H3,(H,28,33)(H,29,34)(H,30,35)(H,31,32)(H,36,37)(H4,25,26,27)/t13-,14-,15-,16-/m0/s1. The Balaban J connectivity index is 5.55. The summed E-state index contributed by atoms with van der Waals surface area (Å²) in [5.74, 6) is -5.42. The van der Waals surface area contributed by atoms with Crippen LogP contribution in [0.4, 0.5) is 0 Å². The highest BCUT2D eigenvalue weighted by Crippen LogP contribution is 2.08. The van der Waals surface area contributed by atoms with Gasteiger partial charge in [0.2, 0.25) is 17.7 Å². The molecule has 4 atom stereocenters. The Morgan fingerprint density at radius 3 is 1.92 bits per heavy atom. The van der Waals surface area contributed by atoms with Gasteiger partial charge in [-0.15, -0.1) is 0 Å². The Hall–Kier alpha value is -3.46. The van der Waals surface area contributed by atoms with E-state index in [2.05, 4.69) is 21.3 Å². The van der Waals surface area contributed by atoms with Crippen LogP contribution in [0.5, 0.6) is 0 Å². The number of amides is 3. The third-order valence-electron chi connectivity index (χ3n) is 5.26. The second-order valence-electron chi connectivity index (χ2n) is 9.12. The molecule has 0 unspecified atom stereocenters. The molecule has 0 aliphatic rings. The number of carbonyl (C=O) groups excluding carboxylic acids is 3. The van der Waals surface area contributed by atoms with Gasteiger partial charge < -0.3 is 48.7 Å². The maximum atomic E-state index is 13.1. The van der Waals surface area contributed by atoms with Crippen LogP contribution in [-0.2, 0) is 24.0 Å². The van der Waals surface area contributed by atoms with Crippen LogP contribution in [0.15, 0.2) is 0 Å². The predicted molar refractivity (Wildman–Crippen MR) is 135 cm³/mol. The topological polar surface area (TPSA) is 276 Å². The predicted octanol–water partition coefficient (Wildman–Crippen LogP) is -2.23. The molecule has 3 amide bonds. The van der Waals surface area contributed by atoms with E-state index in [9.17, 15) is 29.1 Å². The van der Waals surface area contributed by atoms with Crippen LogP contribution >= 0.6 is 0 Å². The first-order chi connectivity index (χ1) is 17.3. The van der Waals surface area contributed by atoms with Gasteiger partial charge in [-0.2, -0.15) is 0 Å².